The number of urea groups is 1. The number of rotatable bonds is 6. The van der Waals surface area contributed by atoms with Crippen LogP contribution in [0.4, 0.5) is 10.5 Å². The van der Waals surface area contributed by atoms with E-state index in [0.29, 0.717) is 29.8 Å². The maximum absolute atomic E-state index is 13.2. The Hall–Kier alpha value is -3.87. The summed E-state index contributed by atoms with van der Waals surface area (Å²) >= 11 is 0. The fourth-order valence-electron chi connectivity index (χ4n) is 3.37. The first-order chi connectivity index (χ1) is 14.8. The maximum atomic E-state index is 13.2. The Labute approximate surface area is 180 Å². The fraction of sp³-hybridized carbons (Fsp3) is 0.208. The molecule has 1 heterocycles. The zero-order valence-electron chi connectivity index (χ0n) is 17.7. The van der Waals surface area contributed by atoms with Gasteiger partial charge < -0.3 is 9.84 Å². The Balaban J connectivity index is 2.10. The van der Waals surface area contributed by atoms with Gasteiger partial charge in [0.15, 0.2) is 11.5 Å². The molecule has 0 spiro atoms. The highest BCUT2D eigenvalue weighted by Gasteiger charge is 2.37. The van der Waals surface area contributed by atoms with Crippen molar-refractivity contribution in [2.45, 2.75) is 27.2 Å². The number of benzene rings is 2. The number of allylic oxidation sites excluding steroid dienone is 1. The summed E-state index contributed by atoms with van der Waals surface area (Å²) in [7, 11) is 0. The normalized spacial score (nSPS) is 15.3. The van der Waals surface area contributed by atoms with Gasteiger partial charge in [0.1, 0.15) is 5.57 Å². The number of ether oxygens (including phenoxy) is 1. The smallest absolute Gasteiger partial charge is 0.335 e. The number of barbiturate groups is 1. The molecule has 2 aromatic rings. The second kappa shape index (κ2) is 8.87. The summed E-state index contributed by atoms with van der Waals surface area (Å²) in [5.41, 5.74) is 2.91. The molecule has 2 aromatic carbocycles. The molecule has 0 atom stereocenters. The van der Waals surface area contributed by atoms with Gasteiger partial charge in [0.2, 0.25) is 0 Å². The van der Waals surface area contributed by atoms with Gasteiger partial charge in [0.05, 0.1) is 12.3 Å². The van der Waals surface area contributed by atoms with Crippen molar-refractivity contribution in [1.82, 2.24) is 5.32 Å². The molecule has 4 amide bonds. The third-order valence-corrected chi connectivity index (χ3v) is 5.07. The minimum atomic E-state index is -0.797. The molecule has 160 valence electrons. The Bertz CT molecular complexity index is 1120. The summed E-state index contributed by atoms with van der Waals surface area (Å²) in [5.74, 6) is -1.29. The number of amides is 4. The van der Waals surface area contributed by atoms with Crippen LogP contribution in [0.2, 0.25) is 0 Å². The molecule has 0 bridgehead atoms. The zero-order valence-corrected chi connectivity index (χ0v) is 17.7. The van der Waals surface area contributed by atoms with Gasteiger partial charge in [0.25, 0.3) is 11.8 Å². The van der Waals surface area contributed by atoms with E-state index >= 15 is 0 Å². The summed E-state index contributed by atoms with van der Waals surface area (Å²) in [5, 5.41) is 12.6. The summed E-state index contributed by atoms with van der Waals surface area (Å²) in [6.07, 6.45) is 3.38. The molecule has 1 saturated heterocycles. The van der Waals surface area contributed by atoms with Gasteiger partial charge in [-0.05, 0) is 68.2 Å². The van der Waals surface area contributed by atoms with Gasteiger partial charge in [-0.3, -0.25) is 14.9 Å². The molecule has 7 heteroatoms. The molecule has 0 aliphatic carbocycles. The molecular weight excluding hydrogens is 396 g/mol. The highest BCUT2D eigenvalue weighted by molar-refractivity contribution is 6.39. The lowest BCUT2D eigenvalue weighted by Crippen LogP contribution is -2.54. The van der Waals surface area contributed by atoms with Crippen LogP contribution in [0.1, 0.15) is 29.2 Å². The first-order valence-corrected chi connectivity index (χ1v) is 9.85. The van der Waals surface area contributed by atoms with E-state index in [1.54, 1.807) is 38.1 Å². The molecule has 1 fully saturated rings. The summed E-state index contributed by atoms with van der Waals surface area (Å²) in [6, 6.07) is 7.66. The predicted molar refractivity (Wildman–Crippen MR) is 118 cm³/mol. The number of phenolic OH excluding ortho intramolecular Hbond substituents is 1. The molecule has 1 aliphatic heterocycles. The van der Waals surface area contributed by atoms with E-state index in [0.717, 1.165) is 16.0 Å². The summed E-state index contributed by atoms with van der Waals surface area (Å²) < 4.78 is 5.48. The van der Waals surface area contributed by atoms with E-state index in [1.165, 1.54) is 12.1 Å². The second-order valence-electron chi connectivity index (χ2n) is 7.13. The minimum Gasteiger partial charge on any atom is -0.504 e. The third-order valence-electron chi connectivity index (χ3n) is 5.07. The predicted octanol–water partition coefficient (Wildman–Crippen LogP) is 3.80. The number of nitrogens with zero attached hydrogens (tertiary/aromatic N) is 1. The number of imide groups is 2. The highest BCUT2D eigenvalue weighted by atomic mass is 16.5. The third kappa shape index (κ3) is 4.21. The highest BCUT2D eigenvalue weighted by Crippen LogP contribution is 2.34. The average molecular weight is 420 g/mol. The molecule has 0 unspecified atom stereocenters. The van der Waals surface area contributed by atoms with E-state index in [4.69, 9.17) is 4.74 Å². The fourth-order valence-corrected chi connectivity index (χ4v) is 3.37. The van der Waals surface area contributed by atoms with Gasteiger partial charge in [0, 0.05) is 5.56 Å². The number of aromatic hydroxyl groups is 1. The lowest BCUT2D eigenvalue weighted by atomic mass is 10.0. The Morgan fingerprint density at radius 3 is 2.61 bits per heavy atom. The molecule has 7 nitrogen and oxygen atoms in total. The van der Waals surface area contributed by atoms with Crippen molar-refractivity contribution in [3.05, 3.63) is 70.8 Å². The van der Waals surface area contributed by atoms with Crippen LogP contribution in [0, 0.1) is 13.8 Å². The van der Waals surface area contributed by atoms with Gasteiger partial charge in [-0.25, -0.2) is 9.69 Å². The Morgan fingerprint density at radius 1 is 1.19 bits per heavy atom. The van der Waals surface area contributed by atoms with Crippen molar-refractivity contribution < 1.29 is 24.2 Å². The van der Waals surface area contributed by atoms with Crippen LogP contribution in [-0.4, -0.2) is 29.6 Å². The van der Waals surface area contributed by atoms with Crippen molar-refractivity contribution in [3.63, 3.8) is 0 Å². The molecule has 0 aromatic heterocycles. The lowest BCUT2D eigenvalue weighted by molar-refractivity contribution is -0.122. The molecule has 1 aliphatic rings. The van der Waals surface area contributed by atoms with Crippen molar-refractivity contribution >= 4 is 29.6 Å². The number of hydrogen-bond acceptors (Lipinski definition) is 5. The van der Waals surface area contributed by atoms with E-state index in [2.05, 4.69) is 11.9 Å². The number of phenols is 1. The molecular formula is C24H24N2O5. The number of aryl methyl sites for hydroxylation is 1. The first kappa shape index (κ1) is 21.8. The van der Waals surface area contributed by atoms with Crippen molar-refractivity contribution in [1.29, 1.82) is 0 Å². The molecule has 31 heavy (non-hydrogen) atoms. The first-order valence-electron chi connectivity index (χ1n) is 9.85. The molecule has 3 rings (SSSR count). The van der Waals surface area contributed by atoms with Gasteiger partial charge in [-0.15, -0.1) is 6.58 Å². The topological polar surface area (TPSA) is 95.9 Å². The van der Waals surface area contributed by atoms with Crippen molar-refractivity contribution in [2.75, 3.05) is 11.5 Å². The average Bonchev–Trinajstić information content (AvgIpc) is 2.72. The lowest BCUT2D eigenvalue weighted by Gasteiger charge is -2.28. The van der Waals surface area contributed by atoms with Crippen molar-refractivity contribution in [2.24, 2.45) is 0 Å². The minimum absolute atomic E-state index is 0.0180. The zero-order chi connectivity index (χ0) is 22.7. The van der Waals surface area contributed by atoms with Crippen LogP contribution in [0.15, 0.2) is 48.6 Å². The van der Waals surface area contributed by atoms with Crippen LogP contribution in [0.3, 0.4) is 0 Å². The summed E-state index contributed by atoms with van der Waals surface area (Å²) in [6.45, 7) is 9.47. The largest absolute Gasteiger partial charge is 0.504 e. The number of hydrogen-bond donors (Lipinski definition) is 2. The van der Waals surface area contributed by atoms with E-state index in [1.807, 2.05) is 13.0 Å². The van der Waals surface area contributed by atoms with Crippen LogP contribution in [-0.2, 0) is 16.0 Å². The van der Waals surface area contributed by atoms with Gasteiger partial charge in [-0.2, -0.15) is 0 Å². The van der Waals surface area contributed by atoms with Crippen molar-refractivity contribution in [3.8, 4) is 11.5 Å². The van der Waals surface area contributed by atoms with Crippen LogP contribution in [0.5, 0.6) is 11.5 Å². The quantitative estimate of drug-likeness (QED) is 0.421. The van der Waals surface area contributed by atoms with E-state index < -0.39 is 17.8 Å². The van der Waals surface area contributed by atoms with E-state index in [-0.39, 0.29) is 17.1 Å². The molecule has 0 saturated carbocycles. The molecule has 2 N–H and O–H groups in total. The van der Waals surface area contributed by atoms with Gasteiger partial charge in [-0.1, -0.05) is 18.2 Å². The van der Waals surface area contributed by atoms with E-state index in [9.17, 15) is 19.5 Å². The standard InChI is InChI=1S/C24H24N2O5/c1-5-8-17-11-16(13-20(21(17)27)31-6-2)12-18-22(28)25-24(30)26(23(18)29)19-10-7-9-14(3)15(19)4/h5,7,9-13,27H,1,6,8H2,2-4H3,(H,25,28,30)/b18-12+. The van der Waals surface area contributed by atoms with Crippen LogP contribution < -0.4 is 15.0 Å². The maximum Gasteiger partial charge on any atom is 0.335 e. The number of anilines is 1. The monoisotopic (exact) mass is 420 g/mol. The number of nitrogens with one attached hydrogen (secondary N) is 1. The van der Waals surface area contributed by atoms with Gasteiger partial charge >= 0.3 is 6.03 Å². The van der Waals surface area contributed by atoms with Crippen LogP contribution >= 0.6 is 0 Å². The second-order valence-corrected chi connectivity index (χ2v) is 7.13. The summed E-state index contributed by atoms with van der Waals surface area (Å²) in [4.78, 5) is 39.1. The van der Waals surface area contributed by atoms with Crippen LogP contribution in [0.25, 0.3) is 6.08 Å². The Morgan fingerprint density at radius 2 is 1.94 bits per heavy atom. The SMILES string of the molecule is C=CCc1cc(/C=C2\C(=O)NC(=O)N(c3cccc(C)c3C)C2=O)cc(OCC)c1O. The number of carbonyl (C=O) groups excluding carboxylic acids is 3. The number of carbonyl (C=O) groups is 3. The Kier molecular flexibility index (Phi) is 6.25. The molecule has 0 radical (unpaired) electrons.